The maximum Gasteiger partial charge on any atom is 0.124 e. The third kappa shape index (κ3) is 1.58. The molecule has 0 aliphatic carbocycles. The lowest BCUT2D eigenvalue weighted by Crippen LogP contribution is -2.31. The summed E-state index contributed by atoms with van der Waals surface area (Å²) in [5, 5.41) is 0. The van der Waals surface area contributed by atoms with E-state index >= 15 is 0 Å². The lowest BCUT2D eigenvalue weighted by molar-refractivity contribution is -0.0589. The fourth-order valence-corrected chi connectivity index (χ4v) is 2.16. The number of aromatic nitrogens is 3. The zero-order valence-electron chi connectivity index (χ0n) is 8.77. The molecule has 0 bridgehead atoms. The first-order chi connectivity index (χ1) is 7.88. The van der Waals surface area contributed by atoms with Gasteiger partial charge in [0, 0.05) is 12.8 Å². The minimum absolute atomic E-state index is 0.305. The summed E-state index contributed by atoms with van der Waals surface area (Å²) in [5.74, 6) is 1.31. The highest BCUT2D eigenvalue weighted by Gasteiger charge is 2.21. The highest BCUT2D eigenvalue weighted by molar-refractivity contribution is 6.16. The van der Waals surface area contributed by atoms with Crippen LogP contribution in [-0.4, -0.2) is 27.2 Å². The van der Waals surface area contributed by atoms with Gasteiger partial charge in [-0.05, 0) is 12.5 Å². The molecule has 84 valence electrons. The average molecular weight is 238 g/mol. The Bertz CT molecular complexity index is 507. The van der Waals surface area contributed by atoms with Gasteiger partial charge in [-0.15, -0.1) is 11.6 Å². The predicted octanol–water partition coefficient (Wildman–Crippen LogP) is 1.96. The number of alkyl halides is 1. The van der Waals surface area contributed by atoms with Crippen LogP contribution in [0.2, 0.25) is 0 Å². The summed E-state index contributed by atoms with van der Waals surface area (Å²) in [4.78, 5) is 8.61. The van der Waals surface area contributed by atoms with Crippen molar-refractivity contribution in [2.75, 3.05) is 6.61 Å². The van der Waals surface area contributed by atoms with E-state index < -0.39 is 0 Å². The Kier molecular flexibility index (Phi) is 2.53. The molecule has 3 rings (SSSR count). The van der Waals surface area contributed by atoms with Crippen LogP contribution in [0.4, 0.5) is 0 Å². The van der Waals surface area contributed by atoms with Gasteiger partial charge in [-0.3, -0.25) is 4.98 Å². The Hall–Kier alpha value is -1.13. The van der Waals surface area contributed by atoms with E-state index in [-0.39, 0.29) is 0 Å². The van der Waals surface area contributed by atoms with Crippen LogP contribution in [0.5, 0.6) is 0 Å². The van der Waals surface area contributed by atoms with Gasteiger partial charge in [0.25, 0.3) is 0 Å². The average Bonchev–Trinajstić information content (AvgIpc) is 2.61. The standard InChI is InChI=1S/C11H12ClN3O/c12-5-11-14-9-1-3-13-6-10(9)15(11)7-8-2-4-16-8/h1,3,6,8H,2,4-5,7H2/t8-/m0/s1. The zero-order chi connectivity index (χ0) is 11.0. The van der Waals surface area contributed by atoms with E-state index in [1.165, 1.54) is 0 Å². The monoisotopic (exact) mass is 237 g/mol. The fraction of sp³-hybridized carbons (Fsp3) is 0.455. The first-order valence-corrected chi connectivity index (χ1v) is 5.88. The maximum absolute atomic E-state index is 5.90. The smallest absolute Gasteiger partial charge is 0.124 e. The van der Waals surface area contributed by atoms with Crippen molar-refractivity contribution >= 4 is 22.6 Å². The van der Waals surface area contributed by atoms with E-state index in [9.17, 15) is 0 Å². The van der Waals surface area contributed by atoms with Crippen LogP contribution >= 0.6 is 11.6 Å². The van der Waals surface area contributed by atoms with Gasteiger partial charge < -0.3 is 9.30 Å². The molecular formula is C11H12ClN3O. The summed E-state index contributed by atoms with van der Waals surface area (Å²) >= 11 is 5.90. The molecule has 0 amide bonds. The molecule has 0 unspecified atom stereocenters. The topological polar surface area (TPSA) is 39.9 Å². The van der Waals surface area contributed by atoms with E-state index in [0.717, 1.165) is 36.4 Å². The van der Waals surface area contributed by atoms with Gasteiger partial charge in [0.2, 0.25) is 0 Å². The second kappa shape index (κ2) is 4.03. The number of nitrogens with zero attached hydrogens (tertiary/aromatic N) is 3. The second-order valence-electron chi connectivity index (χ2n) is 3.92. The number of fused-ring (bicyclic) bond motifs is 1. The van der Waals surface area contributed by atoms with Crippen molar-refractivity contribution in [3.8, 4) is 0 Å². The van der Waals surface area contributed by atoms with Crippen molar-refractivity contribution in [1.82, 2.24) is 14.5 Å². The van der Waals surface area contributed by atoms with E-state index in [4.69, 9.17) is 16.3 Å². The molecule has 16 heavy (non-hydrogen) atoms. The summed E-state index contributed by atoms with van der Waals surface area (Å²) < 4.78 is 7.55. The summed E-state index contributed by atoms with van der Waals surface area (Å²) in [5.41, 5.74) is 1.98. The number of hydrogen-bond donors (Lipinski definition) is 0. The molecule has 0 saturated carbocycles. The first kappa shape index (κ1) is 10.1. The van der Waals surface area contributed by atoms with Crippen LogP contribution in [0.15, 0.2) is 18.5 Å². The number of ether oxygens (including phenoxy) is 1. The number of imidazole rings is 1. The van der Waals surface area contributed by atoms with Gasteiger partial charge in [0.15, 0.2) is 0 Å². The van der Waals surface area contributed by atoms with Crippen LogP contribution < -0.4 is 0 Å². The van der Waals surface area contributed by atoms with Gasteiger partial charge in [0.05, 0.1) is 35.8 Å². The van der Waals surface area contributed by atoms with Gasteiger partial charge >= 0.3 is 0 Å². The molecule has 0 spiro atoms. The lowest BCUT2D eigenvalue weighted by Gasteiger charge is -2.27. The van der Waals surface area contributed by atoms with Crippen molar-refractivity contribution < 1.29 is 4.74 Å². The Morgan fingerprint density at radius 2 is 2.44 bits per heavy atom. The van der Waals surface area contributed by atoms with Crippen molar-refractivity contribution in [1.29, 1.82) is 0 Å². The summed E-state index contributed by atoms with van der Waals surface area (Å²) in [6.07, 6.45) is 5.00. The van der Waals surface area contributed by atoms with Crippen LogP contribution in [0.3, 0.4) is 0 Å². The molecule has 4 nitrogen and oxygen atoms in total. The molecule has 2 aromatic rings. The van der Waals surface area contributed by atoms with Gasteiger partial charge in [0.1, 0.15) is 5.82 Å². The molecule has 1 saturated heterocycles. The molecule has 1 aliphatic heterocycles. The Morgan fingerprint density at radius 3 is 3.12 bits per heavy atom. The summed E-state index contributed by atoms with van der Waals surface area (Å²) in [7, 11) is 0. The van der Waals surface area contributed by atoms with E-state index in [1.54, 1.807) is 6.20 Å². The number of hydrogen-bond acceptors (Lipinski definition) is 3. The first-order valence-electron chi connectivity index (χ1n) is 5.35. The molecule has 5 heteroatoms. The number of pyridine rings is 1. The third-order valence-corrected chi connectivity index (χ3v) is 3.17. The number of rotatable bonds is 3. The Balaban J connectivity index is 2.04. The van der Waals surface area contributed by atoms with Crippen LogP contribution in [0, 0.1) is 0 Å². The molecule has 1 fully saturated rings. The highest BCUT2D eigenvalue weighted by Crippen LogP contribution is 2.20. The van der Waals surface area contributed by atoms with Crippen molar-refractivity contribution in [2.45, 2.75) is 24.9 Å². The van der Waals surface area contributed by atoms with Gasteiger partial charge in [-0.25, -0.2) is 4.98 Å². The zero-order valence-corrected chi connectivity index (χ0v) is 9.52. The fourth-order valence-electron chi connectivity index (χ4n) is 1.96. The largest absolute Gasteiger partial charge is 0.376 e. The molecule has 3 heterocycles. The third-order valence-electron chi connectivity index (χ3n) is 2.93. The molecule has 0 aromatic carbocycles. The van der Waals surface area contributed by atoms with E-state index in [2.05, 4.69) is 14.5 Å². The Labute approximate surface area is 98.2 Å². The molecule has 1 atom stereocenters. The minimum Gasteiger partial charge on any atom is -0.376 e. The highest BCUT2D eigenvalue weighted by atomic mass is 35.5. The quantitative estimate of drug-likeness (QED) is 0.767. The number of halogens is 1. The minimum atomic E-state index is 0.305. The van der Waals surface area contributed by atoms with Crippen LogP contribution in [0.1, 0.15) is 12.2 Å². The summed E-state index contributed by atoms with van der Waals surface area (Å²) in [6.45, 7) is 1.69. The SMILES string of the molecule is ClCc1nc2ccncc2n1C[C@@H]1CCO1. The van der Waals surface area contributed by atoms with Gasteiger partial charge in [-0.2, -0.15) is 0 Å². The molecule has 1 aliphatic rings. The van der Waals surface area contributed by atoms with Crippen molar-refractivity contribution in [3.05, 3.63) is 24.3 Å². The summed E-state index contributed by atoms with van der Waals surface area (Å²) in [6, 6.07) is 1.91. The lowest BCUT2D eigenvalue weighted by atomic mass is 10.2. The Morgan fingerprint density at radius 1 is 1.56 bits per heavy atom. The van der Waals surface area contributed by atoms with Crippen molar-refractivity contribution in [2.24, 2.45) is 0 Å². The molecular weight excluding hydrogens is 226 g/mol. The predicted molar refractivity (Wildman–Crippen MR) is 61.4 cm³/mol. The molecule has 2 aromatic heterocycles. The normalized spacial score (nSPS) is 19.9. The van der Waals surface area contributed by atoms with Crippen molar-refractivity contribution in [3.63, 3.8) is 0 Å². The van der Waals surface area contributed by atoms with E-state index in [1.807, 2.05) is 12.3 Å². The molecule has 0 N–H and O–H groups in total. The van der Waals surface area contributed by atoms with Gasteiger partial charge in [-0.1, -0.05) is 0 Å². The van der Waals surface area contributed by atoms with Crippen LogP contribution in [-0.2, 0) is 17.2 Å². The maximum atomic E-state index is 5.90. The molecule has 0 radical (unpaired) electrons. The second-order valence-corrected chi connectivity index (χ2v) is 4.19. The van der Waals surface area contributed by atoms with E-state index in [0.29, 0.717) is 12.0 Å². The van der Waals surface area contributed by atoms with Crippen LogP contribution in [0.25, 0.3) is 11.0 Å².